The van der Waals surface area contributed by atoms with E-state index in [4.69, 9.17) is 9.47 Å². The van der Waals surface area contributed by atoms with Gasteiger partial charge >= 0.3 is 5.97 Å². The van der Waals surface area contributed by atoms with Gasteiger partial charge in [-0.2, -0.15) is 0 Å². The average Bonchev–Trinajstić information content (AvgIpc) is 3.61. The molecule has 11 nitrogen and oxygen atoms in total. The third kappa shape index (κ3) is 4.27. The number of imide groups is 1. The number of nitro benzene ring substituents is 1. The molecule has 2 heterocycles. The van der Waals surface area contributed by atoms with Crippen molar-refractivity contribution in [2.45, 2.75) is 25.2 Å². The number of non-ortho nitro benzene ring substituents is 1. The van der Waals surface area contributed by atoms with Crippen molar-refractivity contribution in [2.75, 3.05) is 23.5 Å². The molecule has 0 unspecified atom stereocenters. The predicted molar refractivity (Wildman–Crippen MR) is 173 cm³/mol. The molecule has 5 aliphatic rings. The van der Waals surface area contributed by atoms with Crippen LogP contribution in [0.5, 0.6) is 11.5 Å². The summed E-state index contributed by atoms with van der Waals surface area (Å²) in [4.78, 5) is 67.7. The summed E-state index contributed by atoms with van der Waals surface area (Å²) >= 11 is 0. The van der Waals surface area contributed by atoms with Crippen molar-refractivity contribution >= 4 is 40.8 Å². The summed E-state index contributed by atoms with van der Waals surface area (Å²) in [7, 11) is 1.35. The molecule has 3 aliphatic carbocycles. The summed E-state index contributed by atoms with van der Waals surface area (Å²) < 4.78 is 11.0. The molecule has 0 radical (unpaired) electrons. The van der Waals surface area contributed by atoms with Crippen LogP contribution in [0.1, 0.15) is 46.1 Å². The normalized spacial score (nSPS) is 23.5. The highest BCUT2D eigenvalue weighted by Crippen LogP contribution is 2.61. The molecule has 2 saturated heterocycles. The Balaban J connectivity index is 1.02. The zero-order valence-electron chi connectivity index (χ0n) is 26.0. The summed E-state index contributed by atoms with van der Waals surface area (Å²) in [6, 6.07) is 24.9. The maximum atomic E-state index is 14.2. The van der Waals surface area contributed by atoms with Gasteiger partial charge in [0.25, 0.3) is 5.69 Å². The van der Waals surface area contributed by atoms with Crippen molar-refractivity contribution in [2.24, 2.45) is 17.8 Å². The fourth-order valence-electron chi connectivity index (χ4n) is 8.16. The second-order valence-electron chi connectivity index (χ2n) is 12.7. The number of carbonyl (C=O) groups excluding carboxylic acids is 4. The topological polar surface area (TPSA) is 136 Å². The standard InChI is InChI=1S/C37H29N3O8/c1-19-15-22(48-37(44)20-16-30(41)38(18-20)28-13-11-21(40(45)46)17-29(28)47-2)12-14-27(19)39-35(42)33-31-23-7-3-4-8-24(23)32(34(33)36(39)43)26-10-6-5-9-25(26)31/h3-15,17,20,31-34H,16,18H2,1-2H3/t20-,31?,32?,33-,34+/m0/s1. The van der Waals surface area contributed by atoms with Gasteiger partial charge in [0, 0.05) is 30.9 Å². The second-order valence-corrected chi connectivity index (χ2v) is 12.7. The van der Waals surface area contributed by atoms with Gasteiger partial charge < -0.3 is 14.4 Å². The first-order valence-corrected chi connectivity index (χ1v) is 15.7. The fraction of sp³-hybridized carbons (Fsp3) is 0.243. The van der Waals surface area contributed by atoms with Crippen molar-refractivity contribution in [3.8, 4) is 11.5 Å². The smallest absolute Gasteiger partial charge is 0.316 e. The molecule has 2 bridgehead atoms. The number of ether oxygens (including phenoxy) is 2. The van der Waals surface area contributed by atoms with E-state index in [1.165, 1.54) is 35.1 Å². The molecule has 11 heteroatoms. The number of aryl methyl sites for hydroxylation is 1. The van der Waals surface area contributed by atoms with E-state index in [9.17, 15) is 29.3 Å². The van der Waals surface area contributed by atoms with Crippen molar-refractivity contribution in [3.63, 3.8) is 0 Å². The van der Waals surface area contributed by atoms with Crippen molar-refractivity contribution < 1.29 is 33.6 Å². The van der Waals surface area contributed by atoms with E-state index in [-0.39, 0.29) is 59.7 Å². The lowest BCUT2D eigenvalue weighted by molar-refractivity contribution is -0.384. The molecule has 2 aliphatic heterocycles. The van der Waals surface area contributed by atoms with E-state index in [1.807, 2.05) is 24.3 Å². The summed E-state index contributed by atoms with van der Waals surface area (Å²) in [5.41, 5.74) is 5.56. The van der Waals surface area contributed by atoms with Crippen LogP contribution in [0, 0.1) is 34.8 Å². The van der Waals surface area contributed by atoms with E-state index in [1.54, 1.807) is 25.1 Å². The molecule has 0 saturated carbocycles. The Kier molecular flexibility index (Phi) is 6.69. The molecule has 48 heavy (non-hydrogen) atoms. The summed E-state index contributed by atoms with van der Waals surface area (Å²) in [6.07, 6.45) is -0.108. The van der Waals surface area contributed by atoms with Gasteiger partial charge in [-0.05, 0) is 59.0 Å². The Morgan fingerprint density at radius 2 is 1.38 bits per heavy atom. The van der Waals surface area contributed by atoms with Gasteiger partial charge in [0.1, 0.15) is 11.5 Å². The number of anilines is 2. The van der Waals surface area contributed by atoms with E-state index in [0.29, 0.717) is 16.9 Å². The number of amides is 3. The molecular weight excluding hydrogens is 614 g/mol. The Bertz CT molecular complexity index is 1980. The predicted octanol–water partition coefficient (Wildman–Crippen LogP) is 5.27. The Morgan fingerprint density at radius 3 is 1.90 bits per heavy atom. The van der Waals surface area contributed by atoms with Gasteiger partial charge in [0.05, 0.1) is 47.2 Å². The zero-order valence-corrected chi connectivity index (χ0v) is 26.0. The van der Waals surface area contributed by atoms with Crippen molar-refractivity contribution in [3.05, 3.63) is 123 Å². The average molecular weight is 644 g/mol. The largest absolute Gasteiger partial charge is 0.494 e. The number of nitro groups is 1. The monoisotopic (exact) mass is 643 g/mol. The number of rotatable bonds is 6. The van der Waals surface area contributed by atoms with Gasteiger partial charge in [-0.25, -0.2) is 4.90 Å². The Labute approximate surface area is 274 Å². The maximum Gasteiger partial charge on any atom is 0.316 e. The Morgan fingerprint density at radius 1 is 0.812 bits per heavy atom. The maximum absolute atomic E-state index is 14.2. The molecule has 4 aromatic carbocycles. The highest BCUT2D eigenvalue weighted by atomic mass is 16.6. The van der Waals surface area contributed by atoms with Crippen LogP contribution in [0.2, 0.25) is 0 Å². The number of methoxy groups -OCH3 is 1. The van der Waals surface area contributed by atoms with Crippen LogP contribution in [0.15, 0.2) is 84.9 Å². The molecule has 4 aromatic rings. The van der Waals surface area contributed by atoms with E-state index < -0.39 is 28.6 Å². The fourth-order valence-corrected chi connectivity index (χ4v) is 8.16. The lowest BCUT2D eigenvalue weighted by atomic mass is 9.55. The summed E-state index contributed by atoms with van der Waals surface area (Å²) in [5, 5.41) is 11.2. The second kappa shape index (κ2) is 10.9. The molecule has 240 valence electrons. The van der Waals surface area contributed by atoms with Gasteiger partial charge in [-0.3, -0.25) is 29.3 Å². The van der Waals surface area contributed by atoms with Crippen LogP contribution >= 0.6 is 0 Å². The van der Waals surface area contributed by atoms with Crippen molar-refractivity contribution in [1.82, 2.24) is 0 Å². The molecular formula is C37H29N3O8. The van der Waals surface area contributed by atoms with E-state index >= 15 is 0 Å². The molecule has 0 N–H and O–H groups in total. The van der Waals surface area contributed by atoms with Crippen LogP contribution in [0.25, 0.3) is 0 Å². The van der Waals surface area contributed by atoms with E-state index in [2.05, 4.69) is 24.3 Å². The van der Waals surface area contributed by atoms with E-state index in [0.717, 1.165) is 22.3 Å². The van der Waals surface area contributed by atoms with Crippen molar-refractivity contribution in [1.29, 1.82) is 0 Å². The number of carbonyl (C=O) groups is 4. The summed E-state index contributed by atoms with van der Waals surface area (Å²) in [6.45, 7) is 1.77. The number of nitrogens with zero attached hydrogens (tertiary/aromatic N) is 3. The number of benzene rings is 4. The number of esters is 1. The number of hydrogen-bond acceptors (Lipinski definition) is 8. The van der Waals surface area contributed by atoms with Crippen LogP contribution in [0.4, 0.5) is 17.1 Å². The summed E-state index contributed by atoms with van der Waals surface area (Å²) in [5.74, 6) is -3.31. The van der Waals surface area contributed by atoms with Crippen LogP contribution in [0.3, 0.4) is 0 Å². The van der Waals surface area contributed by atoms with Crippen LogP contribution in [-0.2, 0) is 19.2 Å². The van der Waals surface area contributed by atoms with Gasteiger partial charge in [0.15, 0.2) is 0 Å². The molecule has 0 aromatic heterocycles. The zero-order chi connectivity index (χ0) is 33.4. The Hall–Kier alpha value is -5.84. The molecule has 9 rings (SSSR count). The van der Waals surface area contributed by atoms with Gasteiger partial charge in [0.2, 0.25) is 17.7 Å². The highest BCUT2D eigenvalue weighted by molar-refractivity contribution is 6.23. The van der Waals surface area contributed by atoms with Gasteiger partial charge in [-0.15, -0.1) is 0 Å². The lowest BCUT2D eigenvalue weighted by Gasteiger charge is -2.45. The quantitative estimate of drug-likeness (QED) is 0.0912. The minimum Gasteiger partial charge on any atom is -0.494 e. The SMILES string of the molecule is COc1cc([N+](=O)[O-])ccc1N1C[C@@H](C(=O)Oc2ccc(N3C(=O)[C@@H]4C5c6ccccc6C(c6ccccc65)[C@@H]4C3=O)c(C)c2)CC1=O. The van der Waals surface area contributed by atoms with Crippen LogP contribution < -0.4 is 19.3 Å². The molecule has 3 amide bonds. The minimum atomic E-state index is -0.791. The molecule has 2 fully saturated rings. The third-order valence-electron chi connectivity index (χ3n) is 10.2. The minimum absolute atomic E-state index is 0.00950. The first-order chi connectivity index (χ1) is 23.2. The van der Waals surface area contributed by atoms with Crippen LogP contribution in [-0.4, -0.2) is 42.3 Å². The first kappa shape index (κ1) is 29.6. The first-order valence-electron chi connectivity index (χ1n) is 15.7. The van der Waals surface area contributed by atoms with Gasteiger partial charge in [-0.1, -0.05) is 48.5 Å². The highest BCUT2D eigenvalue weighted by Gasteiger charge is 2.61. The molecule has 3 atom stereocenters. The third-order valence-corrected chi connectivity index (χ3v) is 10.2. The lowest BCUT2D eigenvalue weighted by Crippen LogP contribution is -2.41. The molecule has 0 spiro atoms. The number of hydrogen-bond donors (Lipinski definition) is 0.